The average molecular weight is 854 g/mol. The molecule has 1 saturated heterocycles. The van der Waals surface area contributed by atoms with Crippen molar-refractivity contribution in [2.75, 3.05) is 25.6 Å². The van der Waals surface area contributed by atoms with Crippen LogP contribution in [0, 0.1) is 11.3 Å². The third-order valence-corrected chi connectivity index (χ3v) is 12.2. The van der Waals surface area contributed by atoms with Gasteiger partial charge < -0.3 is 45.5 Å². The van der Waals surface area contributed by atoms with Gasteiger partial charge in [0.2, 0.25) is 11.8 Å². The van der Waals surface area contributed by atoms with E-state index in [0.29, 0.717) is 46.6 Å². The number of nitrogens with one attached hydrogen (secondary N) is 4. The number of likely N-dealkylation sites (tertiary alicyclic amines) is 1. The smallest absolute Gasteiger partial charge is 0.332 e. The number of carbonyl (C=O) groups excluding carboxylic acids is 4. The molecule has 324 valence electrons. The van der Waals surface area contributed by atoms with Crippen LogP contribution >= 0.6 is 11.3 Å². The van der Waals surface area contributed by atoms with Gasteiger partial charge in [-0.25, -0.2) is 19.6 Å². The van der Waals surface area contributed by atoms with Crippen molar-refractivity contribution < 1.29 is 38.5 Å². The monoisotopic (exact) mass is 853 g/mol. The molecule has 5 N–H and O–H groups in total. The zero-order valence-corrected chi connectivity index (χ0v) is 36.4. The van der Waals surface area contributed by atoms with Crippen molar-refractivity contribution >= 4 is 51.2 Å². The molecule has 7 rings (SSSR count). The van der Waals surface area contributed by atoms with E-state index in [4.69, 9.17) is 24.2 Å². The van der Waals surface area contributed by atoms with E-state index in [1.807, 2.05) is 70.3 Å². The molecule has 2 aromatic heterocycles. The second-order valence-corrected chi connectivity index (χ2v) is 18.2. The van der Waals surface area contributed by atoms with Crippen LogP contribution in [0.1, 0.15) is 71.6 Å². The fraction of sp³-hybridized carbons (Fsp3) is 0.467. The maximum Gasteiger partial charge on any atom is 0.332 e. The molecule has 2 fully saturated rings. The number of hydrogen-bond donors (Lipinski definition) is 5. The Labute approximate surface area is 359 Å². The van der Waals surface area contributed by atoms with Crippen molar-refractivity contribution in [3.63, 3.8) is 0 Å². The summed E-state index contributed by atoms with van der Waals surface area (Å²) in [6.45, 7) is 15.2. The molecule has 3 unspecified atom stereocenters. The molecule has 2 aromatic carbocycles. The highest BCUT2D eigenvalue weighted by Crippen LogP contribution is 2.46. The Balaban J connectivity index is 1.19. The Bertz CT molecular complexity index is 2330. The molecule has 16 heteroatoms. The van der Waals surface area contributed by atoms with Crippen molar-refractivity contribution in [2.45, 2.75) is 103 Å². The van der Waals surface area contributed by atoms with Crippen LogP contribution in [0.2, 0.25) is 0 Å². The first-order chi connectivity index (χ1) is 29.0. The number of carbonyl (C=O) groups is 4. The molecule has 2 aliphatic carbocycles. The van der Waals surface area contributed by atoms with Crippen molar-refractivity contribution in [3.05, 3.63) is 77.7 Å². The van der Waals surface area contributed by atoms with Crippen LogP contribution < -0.4 is 30.7 Å². The minimum Gasteiger partial charge on any atom is -0.497 e. The topological polar surface area (TPSA) is 193 Å². The molecule has 0 spiro atoms. The van der Waals surface area contributed by atoms with Crippen LogP contribution in [-0.4, -0.2) is 99.9 Å². The largest absolute Gasteiger partial charge is 0.497 e. The van der Waals surface area contributed by atoms with Crippen molar-refractivity contribution in [2.24, 2.45) is 11.3 Å². The molecule has 7 atom stereocenters. The molecule has 15 nitrogen and oxygen atoms in total. The Morgan fingerprint density at radius 3 is 2.56 bits per heavy atom. The maximum absolute atomic E-state index is 14.6. The first-order valence-electron chi connectivity index (χ1n) is 20.7. The molecule has 4 amide bonds. The highest BCUT2D eigenvalue weighted by molar-refractivity contribution is 7.14. The number of amides is 4. The summed E-state index contributed by atoms with van der Waals surface area (Å²) in [5, 5.41) is 26.4. The Morgan fingerprint density at radius 1 is 1.10 bits per heavy atom. The van der Waals surface area contributed by atoms with Crippen LogP contribution in [-0.2, 0) is 25.5 Å². The molecule has 61 heavy (non-hydrogen) atoms. The van der Waals surface area contributed by atoms with Crippen LogP contribution in [0.5, 0.6) is 11.5 Å². The number of fused-ring (bicyclic) bond motifs is 2. The highest BCUT2D eigenvalue weighted by Gasteiger charge is 2.62. The zero-order chi connectivity index (χ0) is 43.8. The van der Waals surface area contributed by atoms with Gasteiger partial charge in [-0.3, -0.25) is 9.59 Å². The number of hydrogen-bond acceptors (Lipinski definition) is 12. The second kappa shape index (κ2) is 17.3. The molecular weight excluding hydrogens is 799 g/mol. The SMILES string of the molecule is C=CC1C[C@]1(NC(=O)C1CC(Oc2cc(-c3csc(NC(C)C)n3)nc3cc(OC)ccc23)CN1C(=O)N[C@H](C(=O)N[C@H]1c2ccccc2C[C@H]1O)C(C)(C)C)C(=O)OCC. The summed E-state index contributed by atoms with van der Waals surface area (Å²) in [4.78, 5) is 67.3. The number of esters is 1. The number of aliphatic hydroxyl groups is 1. The first kappa shape index (κ1) is 43.4. The van der Waals surface area contributed by atoms with Gasteiger partial charge in [-0.05, 0) is 55.9 Å². The lowest BCUT2D eigenvalue weighted by Crippen LogP contribution is -2.60. The van der Waals surface area contributed by atoms with Crippen LogP contribution in [0.3, 0.4) is 0 Å². The van der Waals surface area contributed by atoms with Gasteiger partial charge in [-0.1, -0.05) is 51.1 Å². The third kappa shape index (κ3) is 9.01. The van der Waals surface area contributed by atoms with Gasteiger partial charge in [0.15, 0.2) is 5.13 Å². The standard InChI is InChI=1S/C45H55N7O8S/c1-9-26-21-45(26,41(56)59-10-2)51-39(54)34-19-28(60-36-20-32(33-23-61-42(48-33)46-24(3)4)47-31-18-27(58-8)15-16-30(31)36)22-52(34)43(57)50-38(44(5,6)7)40(55)49-37-29-14-12-11-13-25(29)17-35(37)53/h9,11-16,18,20,23-24,26,28,34-35,37-38,53H,1,10,17,19,21-22H2,2-8H3,(H,46,48)(H,49,55)(H,50,57)(H,51,54)/t26?,28?,34?,35-,37+,38-,45-/m1/s1. The number of methoxy groups -OCH3 is 1. The number of urea groups is 1. The van der Waals surface area contributed by atoms with E-state index in [1.165, 1.54) is 16.2 Å². The van der Waals surface area contributed by atoms with Gasteiger partial charge >= 0.3 is 12.0 Å². The molecule has 3 aliphatic rings. The number of anilines is 1. The predicted molar refractivity (Wildman–Crippen MR) is 232 cm³/mol. The molecule has 1 aliphatic heterocycles. The summed E-state index contributed by atoms with van der Waals surface area (Å²) >= 11 is 1.46. The van der Waals surface area contributed by atoms with Crippen molar-refractivity contribution in [1.82, 2.24) is 30.8 Å². The molecule has 0 bridgehead atoms. The lowest BCUT2D eigenvalue weighted by atomic mass is 9.86. The van der Waals surface area contributed by atoms with Crippen LogP contribution in [0.15, 0.2) is 66.6 Å². The molecular formula is C45H55N7O8S. The van der Waals surface area contributed by atoms with E-state index in [-0.39, 0.29) is 31.5 Å². The van der Waals surface area contributed by atoms with Gasteiger partial charge in [-0.2, -0.15) is 0 Å². The van der Waals surface area contributed by atoms with Gasteiger partial charge in [0.25, 0.3) is 0 Å². The fourth-order valence-electron chi connectivity index (χ4n) is 8.20. The van der Waals surface area contributed by atoms with Crippen LogP contribution in [0.25, 0.3) is 22.3 Å². The quantitative estimate of drug-likeness (QED) is 0.0791. The summed E-state index contributed by atoms with van der Waals surface area (Å²) in [6.07, 6.45) is 0.818. The Hall–Kier alpha value is -5.74. The minimum absolute atomic E-state index is 0.0388. The Morgan fingerprint density at radius 2 is 1.87 bits per heavy atom. The average Bonchev–Trinajstić information content (AvgIpc) is 3.47. The fourth-order valence-corrected chi connectivity index (χ4v) is 9.05. The van der Waals surface area contributed by atoms with E-state index in [2.05, 4.69) is 27.8 Å². The van der Waals surface area contributed by atoms with Gasteiger partial charge in [0, 0.05) is 47.7 Å². The maximum atomic E-state index is 14.6. The number of ether oxygens (including phenoxy) is 3. The van der Waals surface area contributed by atoms with E-state index in [9.17, 15) is 24.3 Å². The first-order valence-corrected chi connectivity index (χ1v) is 21.6. The molecule has 3 heterocycles. The Kier molecular flexibility index (Phi) is 12.3. The van der Waals surface area contributed by atoms with Crippen molar-refractivity contribution in [3.8, 4) is 22.9 Å². The lowest BCUT2D eigenvalue weighted by molar-refractivity contribution is -0.149. The van der Waals surface area contributed by atoms with E-state index in [1.54, 1.807) is 38.3 Å². The summed E-state index contributed by atoms with van der Waals surface area (Å²) < 4.78 is 17.6. The van der Waals surface area contributed by atoms with Crippen LogP contribution in [0.4, 0.5) is 9.93 Å². The summed E-state index contributed by atoms with van der Waals surface area (Å²) in [7, 11) is 1.58. The number of thiazole rings is 1. The van der Waals surface area contributed by atoms with E-state index in [0.717, 1.165) is 16.3 Å². The number of nitrogens with zero attached hydrogens (tertiary/aromatic N) is 3. The molecule has 1 saturated carbocycles. The summed E-state index contributed by atoms with van der Waals surface area (Å²) in [6, 6.07) is 11.4. The highest BCUT2D eigenvalue weighted by atomic mass is 32.1. The predicted octanol–water partition coefficient (Wildman–Crippen LogP) is 5.53. The van der Waals surface area contributed by atoms with Gasteiger partial charge in [-0.15, -0.1) is 17.9 Å². The normalized spacial score (nSPS) is 23.5. The molecule has 0 radical (unpaired) electrons. The zero-order valence-electron chi connectivity index (χ0n) is 35.6. The number of aliphatic hydroxyl groups excluding tert-OH is 1. The van der Waals surface area contributed by atoms with Gasteiger partial charge in [0.05, 0.1) is 43.6 Å². The van der Waals surface area contributed by atoms with E-state index < -0.39 is 65.1 Å². The molecule has 4 aromatic rings. The third-order valence-electron chi connectivity index (χ3n) is 11.5. The minimum atomic E-state index is -1.31. The summed E-state index contributed by atoms with van der Waals surface area (Å²) in [5.74, 6) is -0.922. The van der Waals surface area contributed by atoms with E-state index >= 15 is 0 Å². The number of aromatic nitrogens is 2. The number of pyridine rings is 1. The summed E-state index contributed by atoms with van der Waals surface area (Å²) in [5.41, 5.74) is 1.45. The second-order valence-electron chi connectivity index (χ2n) is 17.3. The van der Waals surface area contributed by atoms with Crippen molar-refractivity contribution in [1.29, 1.82) is 0 Å². The number of rotatable bonds is 14. The number of benzene rings is 2. The van der Waals surface area contributed by atoms with Gasteiger partial charge in [0.1, 0.15) is 40.9 Å². The lowest BCUT2D eigenvalue weighted by Gasteiger charge is -2.34.